The summed E-state index contributed by atoms with van der Waals surface area (Å²) in [6, 6.07) is 0. The molecule has 4 aliphatic rings. The van der Waals surface area contributed by atoms with Crippen molar-refractivity contribution >= 4 is 23.5 Å². The van der Waals surface area contributed by atoms with Gasteiger partial charge in [-0.25, -0.2) is 4.79 Å². The van der Waals surface area contributed by atoms with Crippen LogP contribution < -0.4 is 0 Å². The van der Waals surface area contributed by atoms with E-state index in [4.69, 9.17) is 19.3 Å². The molecular formula is C31H44N2O15. The molecule has 17 heteroatoms. The highest BCUT2D eigenvalue weighted by molar-refractivity contribution is 6.01. The minimum Gasteiger partial charge on any atom is -0.481 e. The van der Waals surface area contributed by atoms with Gasteiger partial charge in [0.05, 0.1) is 32.5 Å². The smallest absolute Gasteiger partial charge is 0.332 e. The Labute approximate surface area is 276 Å². The van der Waals surface area contributed by atoms with E-state index < -0.39 is 28.2 Å². The molecule has 48 heavy (non-hydrogen) atoms. The second-order valence-electron chi connectivity index (χ2n) is 12.8. The molecule has 4 rings (SSSR count). The highest BCUT2D eigenvalue weighted by Crippen LogP contribution is 2.66. The number of carboxylic acid groups (broad SMARTS) is 1. The van der Waals surface area contributed by atoms with Gasteiger partial charge in [0, 0.05) is 23.7 Å². The summed E-state index contributed by atoms with van der Waals surface area (Å²) in [5, 5.41) is 37.1. The summed E-state index contributed by atoms with van der Waals surface area (Å²) in [6.07, 6.45) is 8.61. The van der Waals surface area contributed by atoms with Crippen molar-refractivity contribution in [2.75, 3.05) is 46.2 Å². The topological polar surface area (TPSA) is 241 Å². The first-order valence-electron chi connectivity index (χ1n) is 15.9. The minimum atomic E-state index is -0.980. The maximum Gasteiger partial charge on any atom is 0.332 e. The fourth-order valence-corrected chi connectivity index (χ4v) is 8.06. The van der Waals surface area contributed by atoms with E-state index in [2.05, 4.69) is 23.5 Å². The molecule has 3 fully saturated rings. The van der Waals surface area contributed by atoms with Gasteiger partial charge in [-0.15, -0.1) is 20.2 Å². The van der Waals surface area contributed by atoms with Gasteiger partial charge in [0.1, 0.15) is 19.8 Å². The molecule has 0 aliphatic heterocycles. The Morgan fingerprint density at radius 2 is 1.62 bits per heavy atom. The number of nitrogens with zero attached hydrogens (tertiary/aromatic N) is 2. The van der Waals surface area contributed by atoms with Gasteiger partial charge in [-0.1, -0.05) is 25.5 Å². The van der Waals surface area contributed by atoms with E-state index in [1.165, 1.54) is 0 Å². The second-order valence-corrected chi connectivity index (χ2v) is 12.8. The molecule has 0 amide bonds. The van der Waals surface area contributed by atoms with Crippen LogP contribution in [-0.2, 0) is 43.1 Å². The first-order valence-corrected chi connectivity index (χ1v) is 15.9. The molecule has 0 aromatic carbocycles. The summed E-state index contributed by atoms with van der Waals surface area (Å²) in [4.78, 5) is 74.5. The van der Waals surface area contributed by atoms with E-state index in [9.17, 15) is 44.5 Å². The zero-order chi connectivity index (χ0) is 35.5. The van der Waals surface area contributed by atoms with Crippen LogP contribution in [0.15, 0.2) is 23.8 Å². The van der Waals surface area contributed by atoms with Crippen LogP contribution in [0.1, 0.15) is 58.8 Å². The highest BCUT2D eigenvalue weighted by Gasteiger charge is 2.62. The maximum absolute atomic E-state index is 13.2. The summed E-state index contributed by atoms with van der Waals surface area (Å²) in [6.45, 7) is 3.46. The number of fused-ring (bicyclic) bond motifs is 5. The summed E-state index contributed by atoms with van der Waals surface area (Å²) < 4.78 is 15.4. The van der Waals surface area contributed by atoms with E-state index in [1.807, 2.05) is 6.08 Å². The van der Waals surface area contributed by atoms with Gasteiger partial charge in [-0.05, 0) is 67.9 Å². The number of aliphatic hydroxyl groups is 1. The summed E-state index contributed by atoms with van der Waals surface area (Å²) in [7, 11) is 0. The van der Waals surface area contributed by atoms with Crippen molar-refractivity contribution in [3.63, 3.8) is 0 Å². The number of hydrogen-bond acceptors (Lipinski definition) is 14. The number of ether oxygens (including phenoxy) is 3. The third kappa shape index (κ3) is 10.0. The van der Waals surface area contributed by atoms with Gasteiger partial charge in [0.2, 0.25) is 0 Å². The number of allylic oxidation sites excluding steroid dienone is 4. The third-order valence-electron chi connectivity index (χ3n) is 10.0. The van der Waals surface area contributed by atoms with Crippen LogP contribution in [0.2, 0.25) is 0 Å². The predicted octanol–water partition coefficient (Wildman–Crippen LogP) is 2.29. The number of Topliss-reactive ketones (excluding diaryl/α,β-unsaturated/α-hetero) is 1. The van der Waals surface area contributed by atoms with Gasteiger partial charge in [0.25, 0.3) is 10.2 Å². The molecule has 0 spiro atoms. The summed E-state index contributed by atoms with van der Waals surface area (Å²) >= 11 is 0. The molecule has 7 unspecified atom stereocenters. The highest BCUT2D eigenvalue weighted by atomic mass is 17.0. The van der Waals surface area contributed by atoms with E-state index in [1.54, 1.807) is 12.2 Å². The zero-order valence-corrected chi connectivity index (χ0v) is 27.1. The van der Waals surface area contributed by atoms with E-state index in [-0.39, 0.29) is 105 Å². The van der Waals surface area contributed by atoms with E-state index >= 15 is 0 Å². The van der Waals surface area contributed by atoms with Gasteiger partial charge in [-0.2, -0.15) is 0 Å². The lowest BCUT2D eigenvalue weighted by Gasteiger charge is -2.58. The maximum atomic E-state index is 13.2. The molecule has 268 valence electrons. The molecular weight excluding hydrogens is 640 g/mol. The normalized spacial score (nSPS) is 29.9. The molecule has 7 atom stereocenters. The number of aliphatic hydroxyl groups excluding tert-OH is 1. The molecule has 0 heterocycles. The molecule has 0 saturated heterocycles. The number of carbonyl (C=O) groups is 4. The largest absolute Gasteiger partial charge is 0.481 e. The Morgan fingerprint density at radius 1 is 0.958 bits per heavy atom. The fraction of sp³-hybridized carbons (Fsp3) is 0.742. The van der Waals surface area contributed by atoms with Crippen molar-refractivity contribution in [3.8, 4) is 0 Å². The Morgan fingerprint density at radius 3 is 2.31 bits per heavy atom. The van der Waals surface area contributed by atoms with Gasteiger partial charge in [-0.3, -0.25) is 14.4 Å². The van der Waals surface area contributed by atoms with E-state index in [0.29, 0.717) is 12.8 Å². The lowest BCUT2D eigenvalue weighted by Crippen LogP contribution is -2.56. The van der Waals surface area contributed by atoms with Gasteiger partial charge >= 0.3 is 11.9 Å². The Hall–Kier alpha value is -3.96. The van der Waals surface area contributed by atoms with Crippen molar-refractivity contribution in [1.82, 2.24) is 0 Å². The van der Waals surface area contributed by atoms with Crippen LogP contribution in [0.25, 0.3) is 0 Å². The zero-order valence-electron chi connectivity index (χ0n) is 27.1. The first-order chi connectivity index (χ1) is 22.7. The monoisotopic (exact) mass is 684 g/mol. The van der Waals surface area contributed by atoms with Crippen LogP contribution in [0, 0.1) is 54.7 Å². The molecule has 0 aromatic rings. The van der Waals surface area contributed by atoms with Crippen LogP contribution >= 0.6 is 0 Å². The second kappa shape index (κ2) is 17.4. The summed E-state index contributed by atoms with van der Waals surface area (Å²) in [5.41, 5.74) is 0.384. The molecule has 0 radical (unpaired) electrons. The number of esters is 1. The lowest BCUT2D eigenvalue weighted by molar-refractivity contribution is -0.758. The fourth-order valence-electron chi connectivity index (χ4n) is 8.06. The standard InChI is InChI=1S/C27H37NO10.C4H7NO5/c1-26-8-7-18(29)13-17(26)3-4-19-20-5-6-21(27(20,2)14-22(30)25(19)26)23(31)15-37-24(32)16-36-10-9-35-11-12-38-28(33)34;6-4(7)2-1-3-10-5(8)9/h7-8,13,19-22,25,30H,3-6,9-12,14-16H2,1-2H3;1-3H2,(H,6,7). The summed E-state index contributed by atoms with van der Waals surface area (Å²) in [5.74, 6) is -1.50. The van der Waals surface area contributed by atoms with Crippen LogP contribution in [-0.4, -0.2) is 96.2 Å². The lowest BCUT2D eigenvalue weighted by atomic mass is 9.46. The predicted molar refractivity (Wildman–Crippen MR) is 162 cm³/mol. The molecule has 2 N–H and O–H groups in total. The number of hydrogen-bond donors (Lipinski definition) is 2. The number of carboxylic acids is 1. The molecule has 0 aromatic heterocycles. The van der Waals surface area contributed by atoms with Crippen molar-refractivity contribution in [2.24, 2.45) is 34.5 Å². The van der Waals surface area contributed by atoms with Crippen molar-refractivity contribution in [1.29, 1.82) is 0 Å². The third-order valence-corrected chi connectivity index (χ3v) is 10.0. The van der Waals surface area contributed by atoms with Gasteiger partial charge < -0.3 is 34.1 Å². The van der Waals surface area contributed by atoms with Crippen LogP contribution in [0.3, 0.4) is 0 Å². The van der Waals surface area contributed by atoms with Crippen molar-refractivity contribution in [3.05, 3.63) is 44.0 Å². The quantitative estimate of drug-likeness (QED) is 0.0966. The van der Waals surface area contributed by atoms with Crippen LogP contribution in [0.4, 0.5) is 0 Å². The number of aliphatic carboxylic acids is 1. The first kappa shape index (κ1) is 38.5. The molecule has 0 bridgehead atoms. The minimum absolute atomic E-state index is 0.00571. The van der Waals surface area contributed by atoms with E-state index in [0.717, 1.165) is 24.8 Å². The Balaban J connectivity index is 0.000000542. The molecule has 17 nitrogen and oxygen atoms in total. The Bertz CT molecular complexity index is 1250. The average molecular weight is 685 g/mol. The SMILES string of the molecule is CC12C=CC(=O)C=C1CCC1C2C(O)CC2(C)C(C(=O)COC(=O)COCCOCCO[N+](=O)[O-])CCC12.O=C(O)CCCO[N+](=O)[O-]. The van der Waals surface area contributed by atoms with Crippen LogP contribution in [0.5, 0.6) is 0 Å². The number of carbonyl (C=O) groups excluding carboxylic acids is 3. The Kier molecular flexibility index (Phi) is 14.0. The molecule has 3 saturated carbocycles. The van der Waals surface area contributed by atoms with Crippen molar-refractivity contribution in [2.45, 2.75) is 64.9 Å². The van der Waals surface area contributed by atoms with Gasteiger partial charge in [0.15, 0.2) is 11.6 Å². The molecule has 4 aliphatic carbocycles. The van der Waals surface area contributed by atoms with Crippen molar-refractivity contribution < 1.29 is 63.5 Å². The number of ketones is 2. The number of rotatable bonds is 17. The average Bonchev–Trinajstić information content (AvgIpc) is 3.36.